The van der Waals surface area contributed by atoms with Gasteiger partial charge in [-0.15, -0.1) is 0 Å². The number of fused-ring (bicyclic) bond motifs is 1. The first kappa shape index (κ1) is 18.3. The minimum atomic E-state index is -3.49. The molecule has 0 atom stereocenters. The van der Waals surface area contributed by atoms with Crippen molar-refractivity contribution in [3.05, 3.63) is 65.6 Å². The third-order valence-corrected chi connectivity index (χ3v) is 6.96. The second kappa shape index (κ2) is 7.52. The van der Waals surface area contributed by atoms with E-state index in [0.717, 1.165) is 16.5 Å². The molecule has 3 aromatic rings. The van der Waals surface area contributed by atoms with Crippen LogP contribution in [0.2, 0.25) is 5.15 Å². The van der Waals surface area contributed by atoms with Crippen molar-refractivity contribution in [1.29, 1.82) is 0 Å². The standard InChI is InChI=1S/C19H19ClN4O2S/c20-19-16(12-15-4-1-2-6-18(15)22-19)14-23-8-10-24(11-9-23)27(25,26)17-5-3-7-21-13-17/h1-7,12-13H,8-11,14H2. The lowest BCUT2D eigenvalue weighted by Gasteiger charge is -2.34. The van der Waals surface area contributed by atoms with Gasteiger partial charge in [0.1, 0.15) is 10.0 Å². The Labute approximate surface area is 163 Å². The van der Waals surface area contributed by atoms with Gasteiger partial charge in [-0.2, -0.15) is 4.31 Å². The second-order valence-corrected chi connectivity index (χ2v) is 8.80. The smallest absolute Gasteiger partial charge is 0.244 e. The van der Waals surface area contributed by atoms with Crippen molar-refractivity contribution in [1.82, 2.24) is 19.2 Å². The van der Waals surface area contributed by atoms with Gasteiger partial charge in [-0.1, -0.05) is 29.8 Å². The molecule has 0 amide bonds. The molecular weight excluding hydrogens is 384 g/mol. The van der Waals surface area contributed by atoms with Gasteiger partial charge in [-0.3, -0.25) is 9.88 Å². The number of aromatic nitrogens is 2. The van der Waals surface area contributed by atoms with Crippen LogP contribution in [0.25, 0.3) is 10.9 Å². The molecule has 1 saturated heterocycles. The first-order valence-electron chi connectivity index (χ1n) is 8.71. The molecule has 0 aliphatic carbocycles. The summed E-state index contributed by atoms with van der Waals surface area (Å²) in [6.07, 6.45) is 2.96. The van der Waals surface area contributed by atoms with E-state index >= 15 is 0 Å². The van der Waals surface area contributed by atoms with Crippen LogP contribution in [-0.2, 0) is 16.6 Å². The molecule has 0 unspecified atom stereocenters. The normalized spacial score (nSPS) is 16.6. The summed E-state index contributed by atoms with van der Waals surface area (Å²) in [6.45, 7) is 2.81. The van der Waals surface area contributed by atoms with Crippen molar-refractivity contribution >= 4 is 32.5 Å². The van der Waals surface area contributed by atoms with Gasteiger partial charge in [0.15, 0.2) is 0 Å². The highest BCUT2D eigenvalue weighted by atomic mass is 35.5. The summed E-state index contributed by atoms with van der Waals surface area (Å²) in [5.74, 6) is 0. The first-order valence-corrected chi connectivity index (χ1v) is 10.5. The Bertz CT molecular complexity index is 1050. The highest BCUT2D eigenvalue weighted by molar-refractivity contribution is 7.89. The third kappa shape index (κ3) is 3.82. The monoisotopic (exact) mass is 402 g/mol. The predicted octanol–water partition coefficient (Wildman–Crippen LogP) is 2.79. The zero-order valence-electron chi connectivity index (χ0n) is 14.6. The molecule has 0 N–H and O–H groups in total. The maximum Gasteiger partial charge on any atom is 0.244 e. The lowest BCUT2D eigenvalue weighted by Crippen LogP contribution is -2.48. The first-order chi connectivity index (χ1) is 13.0. The molecule has 1 aliphatic rings. The Balaban J connectivity index is 1.45. The molecule has 0 saturated carbocycles. The van der Waals surface area contributed by atoms with Crippen molar-refractivity contribution < 1.29 is 8.42 Å². The fourth-order valence-electron chi connectivity index (χ4n) is 3.26. The maximum atomic E-state index is 12.7. The van der Waals surface area contributed by atoms with E-state index < -0.39 is 10.0 Å². The molecule has 3 heterocycles. The Hall–Kier alpha value is -2.06. The molecule has 1 aliphatic heterocycles. The number of piperazine rings is 1. The summed E-state index contributed by atoms with van der Waals surface area (Å²) in [7, 11) is -3.49. The van der Waals surface area contributed by atoms with Gasteiger partial charge in [0.25, 0.3) is 0 Å². The SMILES string of the molecule is O=S(=O)(c1cccnc1)N1CCN(Cc2cc3ccccc3nc2Cl)CC1. The third-order valence-electron chi connectivity index (χ3n) is 4.75. The van der Waals surface area contributed by atoms with Crippen LogP contribution in [0.1, 0.15) is 5.56 Å². The molecule has 2 aromatic heterocycles. The van der Waals surface area contributed by atoms with Gasteiger partial charge in [0.05, 0.1) is 5.52 Å². The number of benzene rings is 1. The largest absolute Gasteiger partial charge is 0.296 e. The molecule has 8 heteroatoms. The van der Waals surface area contributed by atoms with E-state index in [2.05, 4.69) is 20.9 Å². The average molecular weight is 403 g/mol. The van der Waals surface area contributed by atoms with Crippen LogP contribution in [0.5, 0.6) is 0 Å². The highest BCUT2D eigenvalue weighted by Gasteiger charge is 2.28. The van der Waals surface area contributed by atoms with Crippen LogP contribution in [0, 0.1) is 0 Å². The van der Waals surface area contributed by atoms with Gasteiger partial charge in [-0.25, -0.2) is 13.4 Å². The Morgan fingerprint density at radius 3 is 2.56 bits per heavy atom. The lowest BCUT2D eigenvalue weighted by atomic mass is 10.1. The van der Waals surface area contributed by atoms with Crippen molar-refractivity contribution in [2.45, 2.75) is 11.4 Å². The van der Waals surface area contributed by atoms with Gasteiger partial charge in [-0.05, 0) is 24.3 Å². The number of pyridine rings is 2. The minimum absolute atomic E-state index is 0.236. The van der Waals surface area contributed by atoms with E-state index in [1.807, 2.05) is 24.3 Å². The summed E-state index contributed by atoms with van der Waals surface area (Å²) >= 11 is 6.35. The summed E-state index contributed by atoms with van der Waals surface area (Å²) in [4.78, 5) is 10.8. The van der Waals surface area contributed by atoms with Crippen LogP contribution in [0.4, 0.5) is 0 Å². The highest BCUT2D eigenvalue weighted by Crippen LogP contribution is 2.23. The fourth-order valence-corrected chi connectivity index (χ4v) is 4.86. The van der Waals surface area contributed by atoms with Crippen LogP contribution in [0.15, 0.2) is 59.8 Å². The molecule has 0 radical (unpaired) electrons. The zero-order valence-corrected chi connectivity index (χ0v) is 16.2. The molecule has 140 valence electrons. The van der Waals surface area contributed by atoms with Crippen molar-refractivity contribution in [2.75, 3.05) is 26.2 Å². The van der Waals surface area contributed by atoms with E-state index in [-0.39, 0.29) is 4.90 Å². The molecular formula is C19H19ClN4O2S. The topological polar surface area (TPSA) is 66.4 Å². The number of hydrogen-bond donors (Lipinski definition) is 0. The van der Waals surface area contributed by atoms with E-state index in [9.17, 15) is 8.42 Å². The molecule has 0 spiro atoms. The van der Waals surface area contributed by atoms with E-state index in [0.29, 0.717) is 37.9 Å². The molecule has 27 heavy (non-hydrogen) atoms. The summed E-state index contributed by atoms with van der Waals surface area (Å²) in [5, 5.41) is 1.55. The van der Waals surface area contributed by atoms with Gasteiger partial charge >= 0.3 is 0 Å². The molecule has 1 aromatic carbocycles. The summed E-state index contributed by atoms with van der Waals surface area (Å²) in [6, 6.07) is 13.1. The van der Waals surface area contributed by atoms with Crippen LogP contribution in [0.3, 0.4) is 0 Å². The van der Waals surface area contributed by atoms with Crippen molar-refractivity contribution in [2.24, 2.45) is 0 Å². The number of nitrogens with zero attached hydrogens (tertiary/aromatic N) is 4. The van der Waals surface area contributed by atoms with Crippen LogP contribution >= 0.6 is 11.6 Å². The number of hydrogen-bond acceptors (Lipinski definition) is 5. The predicted molar refractivity (Wildman–Crippen MR) is 105 cm³/mol. The zero-order chi connectivity index (χ0) is 18.9. The van der Waals surface area contributed by atoms with Crippen LogP contribution in [-0.4, -0.2) is 53.8 Å². The van der Waals surface area contributed by atoms with Gasteiger partial charge in [0, 0.05) is 56.1 Å². The fraction of sp³-hybridized carbons (Fsp3) is 0.263. The molecule has 0 bridgehead atoms. The number of sulfonamides is 1. The number of para-hydroxylation sites is 1. The van der Waals surface area contributed by atoms with Gasteiger partial charge < -0.3 is 0 Å². The average Bonchev–Trinajstić information content (AvgIpc) is 2.70. The van der Waals surface area contributed by atoms with E-state index in [4.69, 9.17) is 11.6 Å². The number of rotatable bonds is 4. The Morgan fingerprint density at radius 1 is 1.04 bits per heavy atom. The summed E-state index contributed by atoms with van der Waals surface area (Å²) < 4.78 is 26.9. The van der Waals surface area contributed by atoms with Crippen molar-refractivity contribution in [3.63, 3.8) is 0 Å². The number of halogens is 1. The minimum Gasteiger partial charge on any atom is -0.296 e. The van der Waals surface area contributed by atoms with E-state index in [1.165, 1.54) is 10.5 Å². The van der Waals surface area contributed by atoms with Crippen molar-refractivity contribution in [3.8, 4) is 0 Å². The van der Waals surface area contributed by atoms with Crippen LogP contribution < -0.4 is 0 Å². The molecule has 6 nitrogen and oxygen atoms in total. The van der Waals surface area contributed by atoms with Gasteiger partial charge in [0.2, 0.25) is 10.0 Å². The van der Waals surface area contributed by atoms with E-state index in [1.54, 1.807) is 18.3 Å². The quantitative estimate of drug-likeness (QED) is 0.628. The second-order valence-electron chi connectivity index (χ2n) is 6.50. The molecule has 4 rings (SSSR count). The summed E-state index contributed by atoms with van der Waals surface area (Å²) in [5.41, 5.74) is 1.83. The Kier molecular flexibility index (Phi) is 5.10. The lowest BCUT2D eigenvalue weighted by molar-refractivity contribution is 0.181. The molecule has 1 fully saturated rings. The Morgan fingerprint density at radius 2 is 1.81 bits per heavy atom. The maximum absolute atomic E-state index is 12.7.